The number of hydrogen-bond donors (Lipinski definition) is 2. The Balaban J connectivity index is 0.00000338. The van der Waals surface area contributed by atoms with Crippen LogP contribution in [0.25, 0.3) is 0 Å². The molecule has 1 amide bonds. The summed E-state index contributed by atoms with van der Waals surface area (Å²) >= 11 is 0. The summed E-state index contributed by atoms with van der Waals surface area (Å²) in [4.78, 5) is 18.9. The van der Waals surface area contributed by atoms with Gasteiger partial charge in [-0.3, -0.25) is 4.99 Å². The first-order valence-electron chi connectivity index (χ1n) is 9.72. The highest BCUT2D eigenvalue weighted by molar-refractivity contribution is 14.0. The van der Waals surface area contributed by atoms with Gasteiger partial charge in [-0.15, -0.1) is 24.0 Å². The monoisotopic (exact) mass is 480 g/mol. The number of halogens is 1. The maximum atomic E-state index is 12.0. The molecule has 7 heteroatoms. The lowest BCUT2D eigenvalue weighted by molar-refractivity contribution is 0.0502. The maximum absolute atomic E-state index is 12.0. The Labute approximate surface area is 175 Å². The number of ether oxygens (including phenoxy) is 1. The third kappa shape index (κ3) is 6.78. The molecular formula is C19H37IN4O2. The third-order valence-corrected chi connectivity index (χ3v) is 5.23. The van der Waals surface area contributed by atoms with E-state index >= 15 is 0 Å². The number of alkyl carbamates (subject to hydrolysis) is 1. The molecule has 2 rings (SSSR count). The highest BCUT2D eigenvalue weighted by Gasteiger charge is 2.43. The van der Waals surface area contributed by atoms with Gasteiger partial charge in [0.1, 0.15) is 5.60 Å². The maximum Gasteiger partial charge on any atom is 0.407 e. The number of amides is 1. The van der Waals surface area contributed by atoms with Crippen LogP contribution in [0.15, 0.2) is 4.99 Å². The summed E-state index contributed by atoms with van der Waals surface area (Å²) in [6, 6.07) is 0.0388. The van der Waals surface area contributed by atoms with Crippen molar-refractivity contribution < 1.29 is 9.53 Å². The summed E-state index contributed by atoms with van der Waals surface area (Å²) in [5, 5.41) is 6.44. The smallest absolute Gasteiger partial charge is 0.407 e. The molecule has 1 heterocycles. The minimum absolute atomic E-state index is 0. The fourth-order valence-electron chi connectivity index (χ4n) is 3.80. The molecule has 1 spiro atoms. The topological polar surface area (TPSA) is 66.0 Å². The van der Waals surface area contributed by atoms with Crippen molar-refractivity contribution in [1.82, 2.24) is 15.5 Å². The Morgan fingerprint density at radius 2 is 2.00 bits per heavy atom. The van der Waals surface area contributed by atoms with Crippen molar-refractivity contribution in [2.75, 3.05) is 26.7 Å². The molecule has 2 fully saturated rings. The van der Waals surface area contributed by atoms with E-state index in [1.165, 1.54) is 25.7 Å². The van der Waals surface area contributed by atoms with E-state index in [1.54, 1.807) is 0 Å². The van der Waals surface area contributed by atoms with E-state index in [0.29, 0.717) is 12.0 Å². The zero-order chi connectivity index (χ0) is 18.5. The van der Waals surface area contributed by atoms with Gasteiger partial charge in [0.25, 0.3) is 0 Å². The van der Waals surface area contributed by atoms with Crippen LogP contribution >= 0.6 is 24.0 Å². The van der Waals surface area contributed by atoms with Crippen LogP contribution in [-0.4, -0.2) is 55.3 Å². The van der Waals surface area contributed by atoms with E-state index in [4.69, 9.17) is 4.74 Å². The summed E-state index contributed by atoms with van der Waals surface area (Å²) in [7, 11) is 1.84. The fraction of sp³-hybridized carbons (Fsp3) is 0.895. The molecule has 1 aliphatic carbocycles. The van der Waals surface area contributed by atoms with Gasteiger partial charge in [-0.2, -0.15) is 0 Å². The third-order valence-electron chi connectivity index (χ3n) is 5.23. The van der Waals surface area contributed by atoms with Crippen molar-refractivity contribution in [3.05, 3.63) is 0 Å². The van der Waals surface area contributed by atoms with E-state index in [2.05, 4.69) is 27.4 Å². The molecule has 0 aromatic rings. The molecule has 1 saturated heterocycles. The predicted molar refractivity (Wildman–Crippen MR) is 117 cm³/mol. The first kappa shape index (κ1) is 23.3. The van der Waals surface area contributed by atoms with E-state index < -0.39 is 5.60 Å². The molecule has 2 aliphatic rings. The molecule has 0 radical (unpaired) electrons. The zero-order valence-corrected chi connectivity index (χ0v) is 19.4. The Morgan fingerprint density at radius 1 is 1.31 bits per heavy atom. The average molecular weight is 480 g/mol. The Hall–Kier alpha value is -0.730. The minimum atomic E-state index is -0.475. The number of carbonyl (C=O) groups is 1. The van der Waals surface area contributed by atoms with Crippen LogP contribution in [-0.2, 0) is 4.74 Å². The van der Waals surface area contributed by atoms with E-state index in [0.717, 1.165) is 31.9 Å². The Bertz CT molecular complexity index is 486. The molecule has 6 nitrogen and oxygen atoms in total. The van der Waals surface area contributed by atoms with Crippen LogP contribution in [0.5, 0.6) is 0 Å². The highest BCUT2D eigenvalue weighted by Crippen LogP contribution is 2.47. The van der Waals surface area contributed by atoms with Crippen LogP contribution in [0.2, 0.25) is 0 Å². The van der Waals surface area contributed by atoms with Crippen LogP contribution in [0, 0.1) is 5.41 Å². The molecule has 1 unspecified atom stereocenters. The van der Waals surface area contributed by atoms with Crippen molar-refractivity contribution >= 4 is 36.0 Å². The lowest BCUT2D eigenvalue weighted by Crippen LogP contribution is -2.49. The molecule has 0 aromatic carbocycles. The molecule has 2 N–H and O–H groups in total. The van der Waals surface area contributed by atoms with Crippen LogP contribution in [0.1, 0.15) is 66.2 Å². The van der Waals surface area contributed by atoms with E-state index in [-0.39, 0.29) is 36.1 Å². The number of nitrogens with zero attached hydrogens (tertiary/aromatic N) is 2. The second kappa shape index (κ2) is 9.99. The lowest BCUT2D eigenvalue weighted by Gasteiger charge is -2.38. The van der Waals surface area contributed by atoms with Gasteiger partial charge in [0, 0.05) is 32.7 Å². The second-order valence-corrected chi connectivity index (χ2v) is 8.59. The fourth-order valence-corrected chi connectivity index (χ4v) is 3.80. The van der Waals surface area contributed by atoms with Gasteiger partial charge in [0.15, 0.2) is 5.96 Å². The number of hydrogen-bond acceptors (Lipinski definition) is 3. The molecule has 0 bridgehead atoms. The van der Waals surface area contributed by atoms with Crippen molar-refractivity contribution in [3.8, 4) is 0 Å². The largest absolute Gasteiger partial charge is 0.444 e. The summed E-state index contributed by atoms with van der Waals surface area (Å²) in [6.45, 7) is 10.6. The van der Waals surface area contributed by atoms with Crippen molar-refractivity contribution in [2.24, 2.45) is 10.4 Å². The molecule has 1 atom stereocenters. The summed E-state index contributed by atoms with van der Waals surface area (Å²) in [5.41, 5.74) is 0.0756. The van der Waals surface area contributed by atoms with Gasteiger partial charge < -0.3 is 20.3 Å². The summed E-state index contributed by atoms with van der Waals surface area (Å²) in [5.74, 6) is 0.955. The number of likely N-dealkylation sites (tertiary alicyclic amines) is 1. The molecule has 1 aliphatic heterocycles. The van der Waals surface area contributed by atoms with Gasteiger partial charge in [-0.05, 0) is 51.9 Å². The Kier molecular flexibility index (Phi) is 8.96. The van der Waals surface area contributed by atoms with Crippen LogP contribution in [0.3, 0.4) is 0 Å². The van der Waals surface area contributed by atoms with Crippen LogP contribution < -0.4 is 10.6 Å². The number of guanidine groups is 1. The second-order valence-electron chi connectivity index (χ2n) is 8.59. The normalized spacial score (nSPS) is 20.2. The predicted octanol–water partition coefficient (Wildman–Crippen LogP) is 3.75. The Morgan fingerprint density at radius 3 is 2.46 bits per heavy atom. The molecule has 1 saturated carbocycles. The van der Waals surface area contributed by atoms with E-state index in [9.17, 15) is 4.79 Å². The number of nitrogens with one attached hydrogen (secondary N) is 2. The molecular weight excluding hydrogens is 443 g/mol. The minimum Gasteiger partial charge on any atom is -0.444 e. The average Bonchev–Trinajstić information content (AvgIpc) is 2.91. The number of carbonyl (C=O) groups excluding carboxylic acids is 1. The number of rotatable bonds is 5. The van der Waals surface area contributed by atoms with Gasteiger partial charge in [0.05, 0.1) is 0 Å². The van der Waals surface area contributed by atoms with Crippen molar-refractivity contribution in [2.45, 2.75) is 77.9 Å². The highest BCUT2D eigenvalue weighted by atomic mass is 127. The van der Waals surface area contributed by atoms with E-state index in [1.807, 2.05) is 27.8 Å². The summed E-state index contributed by atoms with van der Waals surface area (Å²) in [6.07, 6.45) is 6.94. The van der Waals surface area contributed by atoms with Gasteiger partial charge >= 0.3 is 6.09 Å². The molecule has 26 heavy (non-hydrogen) atoms. The van der Waals surface area contributed by atoms with Crippen LogP contribution in [0.4, 0.5) is 4.79 Å². The van der Waals surface area contributed by atoms with Crippen molar-refractivity contribution in [3.63, 3.8) is 0 Å². The first-order valence-corrected chi connectivity index (χ1v) is 9.72. The molecule has 152 valence electrons. The summed E-state index contributed by atoms with van der Waals surface area (Å²) < 4.78 is 5.38. The SMILES string of the molecule is CCCC(CNC(=NC)N1CCC2(CCC2)C1)NC(=O)OC(C)(C)C.I. The zero-order valence-electron chi connectivity index (χ0n) is 17.1. The van der Waals surface area contributed by atoms with Gasteiger partial charge in [-0.25, -0.2) is 4.79 Å². The van der Waals surface area contributed by atoms with Gasteiger partial charge in [0.2, 0.25) is 0 Å². The quantitative estimate of drug-likeness (QED) is 0.358. The van der Waals surface area contributed by atoms with Crippen molar-refractivity contribution in [1.29, 1.82) is 0 Å². The molecule has 0 aromatic heterocycles. The standard InChI is InChI=1S/C19H36N4O2.HI/c1-6-8-15(22-17(24)25-18(2,3)4)13-21-16(20-5)23-12-11-19(14-23)9-7-10-19;/h15H,6-14H2,1-5H3,(H,20,21)(H,22,24);1H. The van der Waals surface area contributed by atoms with Gasteiger partial charge in [-0.1, -0.05) is 19.8 Å². The number of aliphatic imine (C=N–C) groups is 1. The first-order chi connectivity index (χ1) is 11.8. The lowest BCUT2D eigenvalue weighted by atomic mass is 9.68.